The predicted octanol–water partition coefficient (Wildman–Crippen LogP) is 5.52. The number of unbranched alkanes of at least 4 members (excludes halogenated alkanes) is 1. The summed E-state index contributed by atoms with van der Waals surface area (Å²) in [7, 11) is 0. The van der Waals surface area contributed by atoms with Crippen LogP contribution in [-0.4, -0.2) is 0 Å². The Hall–Kier alpha value is 0. The Bertz CT molecular complexity index is 55.1. The van der Waals surface area contributed by atoms with Crippen molar-refractivity contribution in [3.8, 4) is 0 Å². The first-order chi connectivity index (χ1) is 6.18. The van der Waals surface area contributed by atoms with Gasteiger partial charge >= 0.3 is 0 Å². The third-order valence-corrected chi connectivity index (χ3v) is 2.15. The molecule has 0 radical (unpaired) electrons. The molecule has 1 atom stereocenters. The fourth-order valence-electron chi connectivity index (χ4n) is 0.859. The van der Waals surface area contributed by atoms with Gasteiger partial charge in [0.2, 0.25) is 0 Å². The van der Waals surface area contributed by atoms with E-state index >= 15 is 0 Å². The van der Waals surface area contributed by atoms with Gasteiger partial charge in [0, 0.05) is 0 Å². The highest BCUT2D eigenvalue weighted by atomic mass is 14.1. The molecule has 0 rings (SSSR count). The van der Waals surface area contributed by atoms with Crippen LogP contribution in [0.5, 0.6) is 0 Å². The highest BCUT2D eigenvalue weighted by Gasteiger charge is 2.04. The number of hydrogen-bond donors (Lipinski definition) is 0. The first kappa shape index (κ1) is 18.7. The smallest absolute Gasteiger partial charge is 0.0420 e. The molecule has 0 spiro atoms. The summed E-state index contributed by atoms with van der Waals surface area (Å²) in [4.78, 5) is 0. The molecule has 0 aliphatic rings. The monoisotopic (exact) mass is 188 g/mol. The fraction of sp³-hybridized carbons (Fsp3) is 1.00. The van der Waals surface area contributed by atoms with Crippen LogP contribution >= 0.6 is 0 Å². The molecule has 0 N–H and O–H groups in total. The van der Waals surface area contributed by atoms with Crippen molar-refractivity contribution in [2.24, 2.45) is 11.8 Å². The summed E-state index contributed by atoms with van der Waals surface area (Å²) < 4.78 is 0. The fourth-order valence-corrected chi connectivity index (χ4v) is 0.859. The van der Waals surface area contributed by atoms with Crippen LogP contribution in [0.15, 0.2) is 0 Å². The lowest BCUT2D eigenvalue weighted by atomic mass is 9.93. The van der Waals surface area contributed by atoms with Crippen molar-refractivity contribution in [2.45, 2.75) is 74.7 Å². The van der Waals surface area contributed by atoms with E-state index in [1.165, 1.54) is 19.3 Å². The molecule has 84 valence electrons. The molecule has 0 bridgehead atoms. The van der Waals surface area contributed by atoms with Gasteiger partial charge in [-0.15, -0.1) is 0 Å². The van der Waals surface area contributed by atoms with E-state index in [0.29, 0.717) is 0 Å². The van der Waals surface area contributed by atoms with E-state index in [1.807, 2.05) is 27.7 Å². The second-order valence-electron chi connectivity index (χ2n) is 3.36. The average Bonchev–Trinajstić information content (AvgIpc) is 2.20. The molecule has 0 aromatic heterocycles. The maximum Gasteiger partial charge on any atom is -0.0420 e. The van der Waals surface area contributed by atoms with E-state index in [-0.39, 0.29) is 0 Å². The summed E-state index contributed by atoms with van der Waals surface area (Å²) in [5, 5.41) is 0. The van der Waals surface area contributed by atoms with Gasteiger partial charge in [-0.25, -0.2) is 0 Å². The average molecular weight is 188 g/mol. The van der Waals surface area contributed by atoms with E-state index in [9.17, 15) is 0 Å². The molecule has 0 heterocycles. The molecule has 0 heteroatoms. The van der Waals surface area contributed by atoms with Gasteiger partial charge in [0.1, 0.15) is 0 Å². The Morgan fingerprint density at radius 1 is 0.846 bits per heavy atom. The normalized spacial score (nSPS) is 10.8. The quantitative estimate of drug-likeness (QED) is 0.545. The Balaban J connectivity index is -0.000000218. The second kappa shape index (κ2) is 17.9. The molecule has 13 heavy (non-hydrogen) atoms. The highest BCUT2D eigenvalue weighted by molar-refractivity contribution is 4.55. The summed E-state index contributed by atoms with van der Waals surface area (Å²) in [5.41, 5.74) is 0. The molecule has 0 aromatic carbocycles. The van der Waals surface area contributed by atoms with Crippen LogP contribution in [0.3, 0.4) is 0 Å². The summed E-state index contributed by atoms with van der Waals surface area (Å²) in [6, 6.07) is 0. The summed E-state index contributed by atoms with van der Waals surface area (Å²) in [5.74, 6) is 1.79. The van der Waals surface area contributed by atoms with E-state index in [4.69, 9.17) is 0 Å². The van der Waals surface area contributed by atoms with Crippen LogP contribution in [0.1, 0.15) is 74.7 Å². The van der Waals surface area contributed by atoms with Crippen molar-refractivity contribution < 1.29 is 0 Å². The minimum atomic E-state index is 0.872. The van der Waals surface area contributed by atoms with Crippen LogP contribution in [0.4, 0.5) is 0 Å². The molecular weight excluding hydrogens is 156 g/mol. The van der Waals surface area contributed by atoms with Crippen LogP contribution < -0.4 is 0 Å². The van der Waals surface area contributed by atoms with Gasteiger partial charge in [-0.2, -0.15) is 0 Å². The third-order valence-electron chi connectivity index (χ3n) is 2.15. The van der Waals surface area contributed by atoms with Gasteiger partial charge in [0.05, 0.1) is 0 Å². The maximum atomic E-state index is 2.35. The molecule has 1 unspecified atom stereocenters. The SMILES string of the molecule is CC.CC.CCCCC(C)C(C)C. The van der Waals surface area contributed by atoms with E-state index < -0.39 is 0 Å². The number of hydrogen-bond acceptors (Lipinski definition) is 0. The third kappa shape index (κ3) is 18.8. The first-order valence-electron chi connectivity index (χ1n) is 6.18. The van der Waals surface area contributed by atoms with Gasteiger partial charge in [-0.1, -0.05) is 74.7 Å². The Labute approximate surface area is 87.1 Å². The maximum absolute atomic E-state index is 2.35. The summed E-state index contributed by atoms with van der Waals surface area (Å²) >= 11 is 0. The van der Waals surface area contributed by atoms with Gasteiger partial charge in [0.15, 0.2) is 0 Å². The topological polar surface area (TPSA) is 0 Å². The zero-order valence-electron chi connectivity index (χ0n) is 11.3. The van der Waals surface area contributed by atoms with Crippen LogP contribution in [-0.2, 0) is 0 Å². The van der Waals surface area contributed by atoms with Crippen LogP contribution in [0.25, 0.3) is 0 Å². The largest absolute Gasteiger partial charge is 0.0683 e. The molecule has 0 fully saturated rings. The van der Waals surface area contributed by atoms with E-state index in [0.717, 1.165) is 11.8 Å². The summed E-state index contributed by atoms with van der Waals surface area (Å²) in [6.45, 7) is 17.2. The predicted molar refractivity (Wildman–Crippen MR) is 66.2 cm³/mol. The highest BCUT2D eigenvalue weighted by Crippen LogP contribution is 2.16. The van der Waals surface area contributed by atoms with Gasteiger partial charge in [0.25, 0.3) is 0 Å². The van der Waals surface area contributed by atoms with Crippen molar-refractivity contribution in [1.82, 2.24) is 0 Å². The second-order valence-corrected chi connectivity index (χ2v) is 3.36. The van der Waals surface area contributed by atoms with Gasteiger partial charge < -0.3 is 0 Å². The standard InChI is InChI=1S/C9H20.2C2H6/c1-5-6-7-9(4)8(2)3;2*1-2/h8-9H,5-7H2,1-4H3;2*1-2H3. The lowest BCUT2D eigenvalue weighted by molar-refractivity contribution is 0.381. The van der Waals surface area contributed by atoms with Crippen molar-refractivity contribution in [3.05, 3.63) is 0 Å². The molecule has 0 saturated heterocycles. The van der Waals surface area contributed by atoms with Crippen LogP contribution in [0, 0.1) is 11.8 Å². The molecule has 0 amide bonds. The molecular formula is C13H32. The van der Waals surface area contributed by atoms with Gasteiger partial charge in [-0.3, -0.25) is 0 Å². The molecule has 0 nitrogen and oxygen atoms in total. The molecule has 0 aliphatic carbocycles. The minimum Gasteiger partial charge on any atom is -0.0683 e. The molecule has 0 aromatic rings. The zero-order valence-corrected chi connectivity index (χ0v) is 11.3. The van der Waals surface area contributed by atoms with E-state index in [2.05, 4.69) is 27.7 Å². The Morgan fingerprint density at radius 2 is 1.23 bits per heavy atom. The van der Waals surface area contributed by atoms with Gasteiger partial charge in [-0.05, 0) is 11.8 Å². The van der Waals surface area contributed by atoms with Crippen molar-refractivity contribution in [2.75, 3.05) is 0 Å². The van der Waals surface area contributed by atoms with Crippen molar-refractivity contribution in [3.63, 3.8) is 0 Å². The Kier molecular flexibility index (Phi) is 25.8. The lowest BCUT2D eigenvalue weighted by Gasteiger charge is -2.13. The van der Waals surface area contributed by atoms with E-state index in [1.54, 1.807) is 0 Å². The lowest BCUT2D eigenvalue weighted by Crippen LogP contribution is -2.02. The number of rotatable bonds is 4. The molecule has 0 saturated carbocycles. The Morgan fingerprint density at radius 3 is 1.46 bits per heavy atom. The minimum absolute atomic E-state index is 0.872. The first-order valence-corrected chi connectivity index (χ1v) is 6.18. The van der Waals surface area contributed by atoms with Crippen molar-refractivity contribution in [1.29, 1.82) is 0 Å². The zero-order chi connectivity index (χ0) is 11.3. The van der Waals surface area contributed by atoms with Crippen LogP contribution in [0.2, 0.25) is 0 Å². The summed E-state index contributed by atoms with van der Waals surface area (Å²) in [6.07, 6.45) is 4.16. The van der Waals surface area contributed by atoms with Crippen molar-refractivity contribution >= 4 is 0 Å². The molecule has 0 aliphatic heterocycles.